The maximum Gasteiger partial charge on any atom is 0.299 e. The van der Waals surface area contributed by atoms with E-state index >= 15 is 0 Å². The smallest absolute Gasteiger partial charge is 0.299 e. The number of carbonyl (C=O) groups is 1. The first-order valence-corrected chi connectivity index (χ1v) is 11.1. The third-order valence-electron chi connectivity index (χ3n) is 5.79. The lowest BCUT2D eigenvalue weighted by Crippen LogP contribution is -2.34. The van der Waals surface area contributed by atoms with E-state index < -0.39 is 28.7 Å². The number of aromatic nitrogens is 2. The summed E-state index contributed by atoms with van der Waals surface area (Å²) in [5.74, 6) is -2.48. The Labute approximate surface area is 199 Å². The summed E-state index contributed by atoms with van der Waals surface area (Å²) in [6.07, 6.45) is 5.06. The van der Waals surface area contributed by atoms with E-state index in [1.807, 2.05) is 18.2 Å². The predicted molar refractivity (Wildman–Crippen MR) is 128 cm³/mol. The third-order valence-corrected chi connectivity index (χ3v) is 5.79. The second kappa shape index (κ2) is 10.3. The van der Waals surface area contributed by atoms with Gasteiger partial charge in [-0.3, -0.25) is 9.59 Å². The van der Waals surface area contributed by atoms with E-state index in [1.54, 1.807) is 12.3 Å². The Bertz CT molecular complexity index is 1440. The normalized spacial score (nSPS) is 11.0. The number of amides is 1. The van der Waals surface area contributed by atoms with Gasteiger partial charge in [0.2, 0.25) is 0 Å². The number of pyridine rings is 2. The molecule has 0 aliphatic rings. The lowest BCUT2D eigenvalue weighted by molar-refractivity contribution is 0.0944. The molecule has 9 heteroatoms. The molecule has 2 aromatic carbocycles. The fourth-order valence-electron chi connectivity index (χ4n) is 3.91. The van der Waals surface area contributed by atoms with E-state index in [4.69, 9.17) is 5.73 Å². The van der Waals surface area contributed by atoms with Gasteiger partial charge >= 0.3 is 0 Å². The van der Waals surface area contributed by atoms with Gasteiger partial charge in [0, 0.05) is 29.8 Å². The van der Waals surface area contributed by atoms with E-state index in [0.717, 1.165) is 30.9 Å². The Hall–Kier alpha value is -4.27. The van der Waals surface area contributed by atoms with Gasteiger partial charge < -0.3 is 16.3 Å². The minimum atomic E-state index is -1.05. The van der Waals surface area contributed by atoms with Crippen LogP contribution in [-0.2, 0) is 19.4 Å². The van der Waals surface area contributed by atoms with Crippen LogP contribution in [0.15, 0.2) is 65.6 Å². The molecule has 2 heterocycles. The number of rotatable bonds is 8. The zero-order valence-corrected chi connectivity index (χ0v) is 18.8. The van der Waals surface area contributed by atoms with Crippen LogP contribution in [0.3, 0.4) is 0 Å². The number of fused-ring (bicyclic) bond motifs is 1. The number of halogens is 2. The Morgan fingerprint density at radius 1 is 1.03 bits per heavy atom. The van der Waals surface area contributed by atoms with Crippen molar-refractivity contribution in [2.75, 3.05) is 5.73 Å². The van der Waals surface area contributed by atoms with Crippen molar-refractivity contribution in [3.8, 4) is 0 Å². The number of unbranched alkanes of at least 4 members (excludes halogenated alkanes) is 1. The molecule has 180 valence electrons. The number of hydrogen-bond acceptors (Lipinski definition) is 5. The molecule has 7 nitrogen and oxygen atoms in total. The minimum Gasteiger partial charge on any atom is -0.423 e. The molecular weight excluding hydrogens is 454 g/mol. The van der Waals surface area contributed by atoms with Crippen LogP contribution >= 0.6 is 0 Å². The minimum absolute atomic E-state index is 0.0305. The summed E-state index contributed by atoms with van der Waals surface area (Å²) in [5.41, 5.74) is 6.56. The average Bonchev–Trinajstić information content (AvgIpc) is 2.85. The van der Waals surface area contributed by atoms with E-state index in [9.17, 15) is 23.6 Å². The van der Waals surface area contributed by atoms with Crippen molar-refractivity contribution >= 4 is 22.6 Å². The van der Waals surface area contributed by atoms with E-state index in [2.05, 4.69) is 22.4 Å². The number of nitrogens with one attached hydrogen (secondary N) is 1. The molecule has 0 bridgehead atoms. The highest BCUT2D eigenvalue weighted by Gasteiger charge is 2.22. The summed E-state index contributed by atoms with van der Waals surface area (Å²) < 4.78 is 27.2. The standard InChI is InChI=1S/C26H24F2N4O3/c27-19-11-10-18(21(28)13-19)15-31-25(33)22-23(29)20-12-17(14-30-24(20)32(35)26(22)34)9-5-4-8-16-6-2-1-3-7-16/h1-3,6-7,10-14,35H,4-5,8-9,15,29H2,(H,31,33). The van der Waals surface area contributed by atoms with Gasteiger partial charge in [0.25, 0.3) is 11.5 Å². The van der Waals surface area contributed by atoms with Crippen molar-refractivity contribution in [2.45, 2.75) is 32.2 Å². The molecule has 4 aromatic rings. The van der Waals surface area contributed by atoms with Gasteiger partial charge in [-0.15, -0.1) is 4.73 Å². The van der Waals surface area contributed by atoms with Crippen LogP contribution in [0.25, 0.3) is 11.0 Å². The fraction of sp³-hybridized carbons (Fsp3) is 0.192. The van der Waals surface area contributed by atoms with Crippen LogP contribution in [0.2, 0.25) is 0 Å². The molecule has 1 amide bonds. The number of nitrogen functional groups attached to an aromatic ring is 1. The highest BCUT2D eigenvalue weighted by molar-refractivity contribution is 6.05. The highest BCUT2D eigenvalue weighted by atomic mass is 19.1. The monoisotopic (exact) mass is 478 g/mol. The van der Waals surface area contributed by atoms with Gasteiger partial charge in [-0.25, -0.2) is 13.8 Å². The molecule has 4 rings (SSSR count). The summed E-state index contributed by atoms with van der Waals surface area (Å²) in [6, 6.07) is 14.8. The largest absolute Gasteiger partial charge is 0.423 e. The zero-order valence-electron chi connectivity index (χ0n) is 18.8. The van der Waals surface area contributed by atoms with Crippen molar-refractivity contribution in [3.63, 3.8) is 0 Å². The molecule has 0 radical (unpaired) electrons. The van der Waals surface area contributed by atoms with Crippen molar-refractivity contribution in [1.29, 1.82) is 0 Å². The molecular formula is C26H24F2N4O3. The number of anilines is 1. The second-order valence-electron chi connectivity index (χ2n) is 8.23. The molecule has 0 unspecified atom stereocenters. The summed E-state index contributed by atoms with van der Waals surface area (Å²) in [4.78, 5) is 29.5. The number of nitrogens with two attached hydrogens (primary N) is 1. The molecule has 4 N–H and O–H groups in total. The lowest BCUT2D eigenvalue weighted by atomic mass is 10.0. The second-order valence-corrected chi connectivity index (χ2v) is 8.23. The maximum absolute atomic E-state index is 13.9. The van der Waals surface area contributed by atoms with Crippen LogP contribution in [-0.4, -0.2) is 20.8 Å². The molecule has 0 saturated heterocycles. The number of benzene rings is 2. The van der Waals surface area contributed by atoms with Crippen LogP contribution < -0.4 is 16.6 Å². The van der Waals surface area contributed by atoms with Crippen molar-refractivity contribution in [3.05, 3.63) is 105 Å². The van der Waals surface area contributed by atoms with E-state index in [0.29, 0.717) is 12.5 Å². The quantitative estimate of drug-likeness (QED) is 0.262. The van der Waals surface area contributed by atoms with E-state index in [1.165, 1.54) is 11.6 Å². The summed E-state index contributed by atoms with van der Waals surface area (Å²) >= 11 is 0. The first-order valence-electron chi connectivity index (χ1n) is 11.1. The SMILES string of the molecule is Nc1c(C(=O)NCc2ccc(F)cc2F)c(=O)n(O)c2ncc(CCCCc3ccccc3)cc12. The van der Waals surface area contributed by atoms with Gasteiger partial charge in [-0.05, 0) is 48.9 Å². The summed E-state index contributed by atoms with van der Waals surface area (Å²) in [7, 11) is 0. The topological polar surface area (TPSA) is 110 Å². The van der Waals surface area contributed by atoms with Crippen molar-refractivity contribution in [1.82, 2.24) is 15.0 Å². The Morgan fingerprint density at radius 3 is 2.46 bits per heavy atom. The molecule has 0 aliphatic carbocycles. The molecule has 0 saturated carbocycles. The Kier molecular flexibility index (Phi) is 7.05. The zero-order chi connectivity index (χ0) is 24.9. The number of aryl methyl sites for hydroxylation is 2. The first-order chi connectivity index (χ1) is 16.8. The molecule has 2 aromatic heterocycles. The van der Waals surface area contributed by atoms with Crippen LogP contribution in [0, 0.1) is 11.6 Å². The van der Waals surface area contributed by atoms with Gasteiger partial charge in [0.1, 0.15) is 17.2 Å². The summed E-state index contributed by atoms with van der Waals surface area (Å²) in [5, 5.41) is 13.0. The maximum atomic E-state index is 13.9. The van der Waals surface area contributed by atoms with Gasteiger partial charge in [0.05, 0.1) is 5.69 Å². The molecule has 0 spiro atoms. The Balaban J connectivity index is 1.52. The van der Waals surface area contributed by atoms with Gasteiger partial charge in [0.15, 0.2) is 5.65 Å². The summed E-state index contributed by atoms with van der Waals surface area (Å²) in [6.45, 7) is -0.299. The Morgan fingerprint density at radius 2 is 1.74 bits per heavy atom. The molecule has 0 fully saturated rings. The fourth-order valence-corrected chi connectivity index (χ4v) is 3.91. The third kappa shape index (κ3) is 5.29. The van der Waals surface area contributed by atoms with Gasteiger partial charge in [-0.2, -0.15) is 0 Å². The van der Waals surface area contributed by atoms with Gasteiger partial charge in [-0.1, -0.05) is 36.4 Å². The number of nitrogens with zero attached hydrogens (tertiary/aromatic N) is 2. The first kappa shape index (κ1) is 23.9. The predicted octanol–water partition coefficient (Wildman–Crippen LogP) is 3.99. The average molecular weight is 478 g/mol. The molecule has 0 aliphatic heterocycles. The van der Waals surface area contributed by atoms with Crippen LogP contribution in [0.1, 0.15) is 39.9 Å². The number of carbonyl (C=O) groups excluding carboxylic acids is 1. The number of hydrogen-bond donors (Lipinski definition) is 3. The van der Waals surface area contributed by atoms with Crippen molar-refractivity contribution < 1.29 is 18.8 Å². The van der Waals surface area contributed by atoms with Crippen LogP contribution in [0.4, 0.5) is 14.5 Å². The molecule has 35 heavy (non-hydrogen) atoms. The lowest BCUT2D eigenvalue weighted by Gasteiger charge is -2.12. The highest BCUT2D eigenvalue weighted by Crippen LogP contribution is 2.23. The van der Waals surface area contributed by atoms with Crippen molar-refractivity contribution in [2.24, 2.45) is 0 Å². The van der Waals surface area contributed by atoms with E-state index in [-0.39, 0.29) is 33.6 Å². The molecule has 0 atom stereocenters. The van der Waals surface area contributed by atoms with Crippen LogP contribution in [0.5, 0.6) is 0 Å².